The summed E-state index contributed by atoms with van der Waals surface area (Å²) in [6, 6.07) is 2.04. The Bertz CT molecular complexity index is 255. The molecule has 0 spiro atoms. The molecule has 0 bridgehead atoms. The van der Waals surface area contributed by atoms with Gasteiger partial charge >= 0.3 is 0 Å². The summed E-state index contributed by atoms with van der Waals surface area (Å²) in [7, 11) is 0. The van der Waals surface area contributed by atoms with Gasteiger partial charge in [0.1, 0.15) is 0 Å². The first-order valence-electron chi connectivity index (χ1n) is 5.49. The first kappa shape index (κ1) is 6.42. The average Bonchev–Trinajstić information content (AvgIpc) is 2.72. The topological polar surface area (TPSA) is 3.24 Å². The van der Waals surface area contributed by atoms with E-state index >= 15 is 0 Å². The molecule has 1 nitrogen and oxygen atoms in total. The van der Waals surface area contributed by atoms with Crippen molar-refractivity contribution in [1.29, 1.82) is 0 Å². The molecule has 6 unspecified atom stereocenters. The van der Waals surface area contributed by atoms with E-state index in [-0.39, 0.29) is 0 Å². The Hall–Kier alpha value is -0.0400. The molecule has 0 N–H and O–H groups in total. The zero-order valence-electron chi connectivity index (χ0n) is 7.96. The van der Waals surface area contributed by atoms with Crippen LogP contribution in [0.25, 0.3) is 0 Å². The second-order valence-electron chi connectivity index (χ2n) is 5.79. The molecule has 4 fully saturated rings. The lowest BCUT2D eigenvalue weighted by atomic mass is 9.82. The molecule has 12 heavy (non-hydrogen) atoms. The van der Waals surface area contributed by atoms with E-state index in [2.05, 4.69) is 18.7 Å². The lowest BCUT2D eigenvalue weighted by Gasteiger charge is -2.48. The Kier molecular flexibility index (Phi) is 0.800. The van der Waals surface area contributed by atoms with Crippen LogP contribution in [0.3, 0.4) is 0 Å². The Labute approximate surface area is 74.1 Å². The Morgan fingerprint density at radius 2 is 2.25 bits per heavy atom. The average molecular weight is 163 g/mol. The summed E-state index contributed by atoms with van der Waals surface area (Å²) in [4.78, 5) is 2.82. The molecule has 0 aromatic rings. The van der Waals surface area contributed by atoms with Crippen LogP contribution in [-0.4, -0.2) is 23.5 Å². The van der Waals surface area contributed by atoms with Crippen molar-refractivity contribution in [2.45, 2.75) is 38.8 Å². The molecule has 0 aromatic heterocycles. The minimum Gasteiger partial charge on any atom is -0.296 e. The molecule has 4 aliphatic rings. The van der Waals surface area contributed by atoms with Gasteiger partial charge in [0.25, 0.3) is 0 Å². The highest BCUT2D eigenvalue weighted by molar-refractivity contribution is 5.26. The van der Waals surface area contributed by atoms with Crippen molar-refractivity contribution in [2.24, 2.45) is 23.2 Å². The van der Waals surface area contributed by atoms with Crippen LogP contribution in [0.5, 0.6) is 0 Å². The van der Waals surface area contributed by atoms with E-state index in [9.17, 15) is 0 Å². The minimum atomic E-state index is 0.782. The van der Waals surface area contributed by atoms with Gasteiger partial charge in [-0.05, 0) is 36.0 Å². The van der Waals surface area contributed by atoms with Crippen molar-refractivity contribution < 1.29 is 0 Å². The maximum absolute atomic E-state index is 2.82. The van der Waals surface area contributed by atoms with Crippen molar-refractivity contribution in [3.63, 3.8) is 0 Å². The number of nitrogens with zero attached hydrogens (tertiary/aromatic N) is 1. The van der Waals surface area contributed by atoms with Gasteiger partial charge in [-0.2, -0.15) is 0 Å². The van der Waals surface area contributed by atoms with Crippen LogP contribution in [0, 0.1) is 23.2 Å². The van der Waals surface area contributed by atoms with Crippen LogP contribution < -0.4 is 0 Å². The summed E-state index contributed by atoms with van der Waals surface area (Å²) in [6.45, 7) is 6.42. The van der Waals surface area contributed by atoms with Gasteiger partial charge in [-0.25, -0.2) is 0 Å². The highest BCUT2D eigenvalue weighted by Crippen LogP contribution is 2.74. The highest BCUT2D eigenvalue weighted by Gasteiger charge is 2.75. The maximum atomic E-state index is 2.82. The van der Waals surface area contributed by atoms with Gasteiger partial charge in [0, 0.05) is 18.6 Å². The molecule has 66 valence electrons. The number of piperidine rings is 1. The molecule has 4 rings (SSSR count). The van der Waals surface area contributed by atoms with Crippen LogP contribution in [0.15, 0.2) is 0 Å². The van der Waals surface area contributed by atoms with Gasteiger partial charge in [0.2, 0.25) is 0 Å². The van der Waals surface area contributed by atoms with Crippen LogP contribution in [-0.2, 0) is 0 Å². The first-order valence-corrected chi connectivity index (χ1v) is 5.49. The fraction of sp³-hybridized carbons (Fsp3) is 1.00. The molecule has 2 aliphatic heterocycles. The molecule has 0 radical (unpaired) electrons. The largest absolute Gasteiger partial charge is 0.296 e. The summed E-state index contributed by atoms with van der Waals surface area (Å²) in [5.74, 6) is 3.30. The third kappa shape index (κ3) is 0.454. The van der Waals surface area contributed by atoms with Gasteiger partial charge in [-0.15, -0.1) is 0 Å². The number of fused-ring (bicyclic) bond motifs is 6. The second-order valence-corrected chi connectivity index (χ2v) is 5.79. The van der Waals surface area contributed by atoms with Gasteiger partial charge in [-0.3, -0.25) is 4.90 Å². The van der Waals surface area contributed by atoms with Crippen LogP contribution in [0.1, 0.15) is 26.7 Å². The minimum absolute atomic E-state index is 0.782. The van der Waals surface area contributed by atoms with Gasteiger partial charge in [0.15, 0.2) is 0 Å². The maximum Gasteiger partial charge on any atom is 0.0167 e. The van der Waals surface area contributed by atoms with E-state index in [1.807, 2.05) is 0 Å². The lowest BCUT2D eigenvalue weighted by molar-refractivity contribution is -0.00321. The van der Waals surface area contributed by atoms with E-state index in [0.717, 1.165) is 35.3 Å². The van der Waals surface area contributed by atoms with Crippen molar-refractivity contribution in [2.75, 3.05) is 6.54 Å². The zero-order valence-corrected chi connectivity index (χ0v) is 7.96. The fourth-order valence-corrected chi connectivity index (χ4v) is 4.45. The SMILES string of the molecule is CC1C2C1N1CCC1C1(C)CC21. The lowest BCUT2D eigenvalue weighted by Crippen LogP contribution is -2.56. The quantitative estimate of drug-likeness (QED) is 0.526. The van der Waals surface area contributed by atoms with Crippen LogP contribution in [0.2, 0.25) is 0 Å². The Balaban J connectivity index is 1.76. The summed E-state index contributed by atoms with van der Waals surface area (Å²) in [5.41, 5.74) is 0.782. The normalized spacial score (nSPS) is 72.0. The molecular formula is C11H17N. The predicted octanol–water partition coefficient (Wildman–Crippen LogP) is 1.74. The summed E-state index contributed by atoms with van der Waals surface area (Å²) in [5, 5.41) is 0. The number of hydrogen-bond acceptors (Lipinski definition) is 1. The molecule has 2 saturated heterocycles. The van der Waals surface area contributed by atoms with E-state index in [0.29, 0.717) is 0 Å². The van der Waals surface area contributed by atoms with Crippen LogP contribution in [0.4, 0.5) is 0 Å². The van der Waals surface area contributed by atoms with E-state index in [1.165, 1.54) is 13.0 Å². The van der Waals surface area contributed by atoms with Crippen molar-refractivity contribution in [1.82, 2.24) is 4.90 Å². The van der Waals surface area contributed by atoms with Crippen molar-refractivity contribution in [3.05, 3.63) is 0 Å². The smallest absolute Gasteiger partial charge is 0.0167 e. The van der Waals surface area contributed by atoms with Gasteiger partial charge < -0.3 is 0 Å². The van der Waals surface area contributed by atoms with Gasteiger partial charge in [0.05, 0.1) is 0 Å². The Morgan fingerprint density at radius 1 is 1.42 bits per heavy atom. The predicted molar refractivity (Wildman–Crippen MR) is 47.8 cm³/mol. The summed E-state index contributed by atoms with van der Waals surface area (Å²) < 4.78 is 0. The first-order chi connectivity index (χ1) is 5.73. The standard InChI is InChI=1S/C11H17N/c1-6-9-7-5-11(7,2)8-3-4-12(8)10(6)9/h6-10H,3-5H2,1-2H3. The number of hydrogen-bond donors (Lipinski definition) is 0. The van der Waals surface area contributed by atoms with Crippen molar-refractivity contribution in [3.8, 4) is 0 Å². The molecule has 6 atom stereocenters. The molecule has 0 aromatic carbocycles. The van der Waals surface area contributed by atoms with E-state index in [4.69, 9.17) is 0 Å². The summed E-state index contributed by atoms with van der Waals surface area (Å²) in [6.07, 6.45) is 3.06. The third-order valence-corrected chi connectivity index (χ3v) is 5.42. The molecule has 2 saturated carbocycles. The zero-order chi connectivity index (χ0) is 8.09. The van der Waals surface area contributed by atoms with E-state index in [1.54, 1.807) is 6.42 Å². The summed E-state index contributed by atoms with van der Waals surface area (Å²) >= 11 is 0. The third-order valence-electron chi connectivity index (χ3n) is 5.42. The molecular weight excluding hydrogens is 146 g/mol. The highest BCUT2D eigenvalue weighted by atomic mass is 15.3. The fourth-order valence-electron chi connectivity index (χ4n) is 4.45. The number of rotatable bonds is 0. The Morgan fingerprint density at radius 3 is 2.92 bits per heavy atom. The monoisotopic (exact) mass is 163 g/mol. The van der Waals surface area contributed by atoms with Crippen molar-refractivity contribution >= 4 is 0 Å². The van der Waals surface area contributed by atoms with E-state index < -0.39 is 0 Å². The molecule has 1 heteroatoms. The van der Waals surface area contributed by atoms with Crippen LogP contribution >= 0.6 is 0 Å². The molecule has 2 aliphatic carbocycles. The van der Waals surface area contributed by atoms with Gasteiger partial charge in [-0.1, -0.05) is 13.8 Å². The second kappa shape index (κ2) is 1.50. The molecule has 2 heterocycles. The molecule has 0 amide bonds.